The monoisotopic (exact) mass is 277 g/mol. The molecule has 0 bridgehead atoms. The second-order valence-corrected chi connectivity index (χ2v) is 7.63. The molecule has 0 N–H and O–H groups in total. The lowest BCUT2D eigenvalue weighted by Gasteiger charge is -2.37. The van der Waals surface area contributed by atoms with E-state index in [2.05, 4.69) is 0 Å². The molecule has 0 saturated carbocycles. The fourth-order valence-electron chi connectivity index (χ4n) is 2.44. The van der Waals surface area contributed by atoms with Crippen LogP contribution < -0.4 is 0 Å². The Bertz CT molecular complexity index is 374. The van der Waals surface area contributed by atoms with Gasteiger partial charge in [-0.15, -0.1) is 0 Å². The maximum absolute atomic E-state index is 12.2. The lowest BCUT2D eigenvalue weighted by molar-refractivity contribution is -0.179. The van der Waals surface area contributed by atoms with Gasteiger partial charge < -0.3 is 9.47 Å². The fourth-order valence-corrected chi connectivity index (χ4v) is 4.26. The molecule has 0 radical (unpaired) electrons. The van der Waals surface area contributed by atoms with Gasteiger partial charge in [-0.3, -0.25) is 0 Å². The summed E-state index contributed by atoms with van der Waals surface area (Å²) in [5.74, 6) is -0.0401. The highest BCUT2D eigenvalue weighted by Crippen LogP contribution is 2.31. The summed E-state index contributed by atoms with van der Waals surface area (Å²) < 4.78 is 37.2. The lowest BCUT2D eigenvalue weighted by atomic mass is 10.1. The SMILES string of the molecule is CC(C)CCS(=O)(=O)N1CCCC2(C1)OCCO2. The minimum atomic E-state index is -3.17. The zero-order valence-corrected chi connectivity index (χ0v) is 12.0. The van der Waals surface area contributed by atoms with Gasteiger partial charge in [0.05, 0.1) is 25.5 Å². The van der Waals surface area contributed by atoms with Crippen LogP contribution in [-0.4, -0.2) is 50.6 Å². The predicted octanol–water partition coefficient (Wildman–Crippen LogP) is 1.20. The molecule has 0 aromatic carbocycles. The van der Waals surface area contributed by atoms with Crippen LogP contribution in [0.2, 0.25) is 0 Å². The predicted molar refractivity (Wildman–Crippen MR) is 68.7 cm³/mol. The van der Waals surface area contributed by atoms with E-state index in [9.17, 15) is 8.42 Å². The first-order chi connectivity index (χ1) is 8.44. The maximum atomic E-state index is 12.2. The first-order valence-corrected chi connectivity index (χ1v) is 8.30. The number of ether oxygens (including phenoxy) is 2. The van der Waals surface area contributed by atoms with Crippen LogP contribution in [0.25, 0.3) is 0 Å². The van der Waals surface area contributed by atoms with Gasteiger partial charge in [-0.2, -0.15) is 4.31 Å². The van der Waals surface area contributed by atoms with Crippen molar-refractivity contribution in [3.63, 3.8) is 0 Å². The zero-order chi connectivity index (χ0) is 13.2. The van der Waals surface area contributed by atoms with Crippen LogP contribution in [0, 0.1) is 5.92 Å². The third-order valence-electron chi connectivity index (χ3n) is 3.54. The van der Waals surface area contributed by atoms with Crippen LogP contribution in [0.1, 0.15) is 33.1 Å². The molecule has 2 heterocycles. The number of nitrogens with zero attached hydrogens (tertiary/aromatic N) is 1. The summed E-state index contributed by atoms with van der Waals surface area (Å²) in [6, 6.07) is 0. The number of rotatable bonds is 4. The molecule has 0 amide bonds. The number of hydrogen-bond donors (Lipinski definition) is 0. The van der Waals surface area contributed by atoms with E-state index >= 15 is 0 Å². The van der Waals surface area contributed by atoms with E-state index < -0.39 is 15.8 Å². The van der Waals surface area contributed by atoms with Gasteiger partial charge in [0.15, 0.2) is 5.79 Å². The Balaban J connectivity index is 1.99. The summed E-state index contributed by atoms with van der Waals surface area (Å²) in [5, 5.41) is 0. The summed E-state index contributed by atoms with van der Waals surface area (Å²) in [4.78, 5) is 0. The highest BCUT2D eigenvalue weighted by molar-refractivity contribution is 7.89. The molecule has 2 rings (SSSR count). The van der Waals surface area contributed by atoms with E-state index in [0.29, 0.717) is 38.6 Å². The number of hydrogen-bond acceptors (Lipinski definition) is 4. The summed E-state index contributed by atoms with van der Waals surface area (Å²) in [6.45, 7) is 6.16. The van der Waals surface area contributed by atoms with Gasteiger partial charge >= 0.3 is 0 Å². The Kier molecular flexibility index (Phi) is 4.31. The van der Waals surface area contributed by atoms with Gasteiger partial charge in [0.2, 0.25) is 10.0 Å². The van der Waals surface area contributed by atoms with E-state index in [1.807, 2.05) is 13.8 Å². The van der Waals surface area contributed by atoms with Crippen molar-refractivity contribution in [3.8, 4) is 0 Å². The van der Waals surface area contributed by atoms with Gasteiger partial charge in [0, 0.05) is 13.0 Å². The standard InChI is InChI=1S/C12H23NO4S/c1-11(2)4-9-18(14,15)13-6-3-5-12(10-13)16-7-8-17-12/h11H,3-10H2,1-2H3. The average Bonchev–Trinajstić information content (AvgIpc) is 2.75. The minimum absolute atomic E-state index is 0.223. The molecule has 0 unspecified atom stereocenters. The van der Waals surface area contributed by atoms with Crippen LogP contribution in [-0.2, 0) is 19.5 Å². The average molecular weight is 277 g/mol. The molecule has 2 aliphatic rings. The van der Waals surface area contributed by atoms with Gasteiger partial charge in [0.25, 0.3) is 0 Å². The van der Waals surface area contributed by atoms with Gasteiger partial charge in [-0.05, 0) is 18.8 Å². The van der Waals surface area contributed by atoms with Crippen molar-refractivity contribution in [3.05, 3.63) is 0 Å². The van der Waals surface area contributed by atoms with E-state index in [0.717, 1.165) is 12.8 Å². The van der Waals surface area contributed by atoms with Crippen LogP contribution in [0.3, 0.4) is 0 Å². The van der Waals surface area contributed by atoms with Crippen LogP contribution in [0.4, 0.5) is 0 Å². The summed E-state index contributed by atoms with van der Waals surface area (Å²) in [5.41, 5.74) is 0. The molecule has 0 aromatic rings. The van der Waals surface area contributed by atoms with Crippen molar-refractivity contribution in [1.29, 1.82) is 0 Å². The Hall–Kier alpha value is -0.170. The van der Waals surface area contributed by atoms with Crippen LogP contribution >= 0.6 is 0 Å². The minimum Gasteiger partial charge on any atom is -0.346 e. The Morgan fingerprint density at radius 2 is 1.94 bits per heavy atom. The third-order valence-corrected chi connectivity index (χ3v) is 5.39. The molecule has 18 heavy (non-hydrogen) atoms. The second kappa shape index (κ2) is 5.45. The summed E-state index contributed by atoms with van der Waals surface area (Å²) >= 11 is 0. The highest BCUT2D eigenvalue weighted by atomic mass is 32.2. The van der Waals surface area contributed by atoms with E-state index in [4.69, 9.17) is 9.47 Å². The first-order valence-electron chi connectivity index (χ1n) is 6.69. The molecule has 5 nitrogen and oxygen atoms in total. The molecule has 2 aliphatic heterocycles. The first kappa shape index (κ1) is 14.2. The Morgan fingerprint density at radius 3 is 2.56 bits per heavy atom. The molecule has 0 aromatic heterocycles. The van der Waals surface area contributed by atoms with E-state index in [1.54, 1.807) is 4.31 Å². The van der Waals surface area contributed by atoms with Gasteiger partial charge in [-0.1, -0.05) is 13.8 Å². The Morgan fingerprint density at radius 1 is 1.28 bits per heavy atom. The van der Waals surface area contributed by atoms with Crippen LogP contribution in [0.5, 0.6) is 0 Å². The quantitative estimate of drug-likeness (QED) is 0.775. The second-order valence-electron chi connectivity index (χ2n) is 5.54. The third kappa shape index (κ3) is 3.23. The molecule has 6 heteroatoms. The van der Waals surface area contributed by atoms with Gasteiger partial charge in [-0.25, -0.2) is 8.42 Å². The molecule has 2 saturated heterocycles. The normalized spacial score (nSPS) is 25.1. The fraction of sp³-hybridized carbons (Fsp3) is 1.00. The zero-order valence-electron chi connectivity index (χ0n) is 11.2. The van der Waals surface area contributed by atoms with Gasteiger partial charge in [0.1, 0.15) is 0 Å². The summed E-state index contributed by atoms with van der Waals surface area (Å²) in [6.07, 6.45) is 2.30. The van der Waals surface area contributed by atoms with Crippen molar-refractivity contribution in [2.75, 3.05) is 32.1 Å². The maximum Gasteiger partial charge on any atom is 0.214 e. The molecule has 106 valence electrons. The Labute approximate surface area is 109 Å². The summed E-state index contributed by atoms with van der Waals surface area (Å²) in [7, 11) is -3.17. The van der Waals surface area contributed by atoms with Crippen molar-refractivity contribution >= 4 is 10.0 Å². The molecular formula is C12H23NO4S. The lowest BCUT2D eigenvalue weighted by Crippen LogP contribution is -2.51. The molecule has 2 fully saturated rings. The van der Waals surface area contributed by atoms with E-state index in [1.165, 1.54) is 0 Å². The highest BCUT2D eigenvalue weighted by Gasteiger charge is 2.43. The van der Waals surface area contributed by atoms with Crippen molar-refractivity contribution in [1.82, 2.24) is 4.31 Å². The largest absolute Gasteiger partial charge is 0.346 e. The van der Waals surface area contributed by atoms with Crippen molar-refractivity contribution < 1.29 is 17.9 Å². The van der Waals surface area contributed by atoms with Crippen LogP contribution in [0.15, 0.2) is 0 Å². The molecule has 1 spiro atoms. The molecule has 0 atom stereocenters. The topological polar surface area (TPSA) is 55.8 Å². The van der Waals surface area contributed by atoms with Crippen molar-refractivity contribution in [2.24, 2.45) is 5.92 Å². The smallest absolute Gasteiger partial charge is 0.214 e. The molecule has 0 aliphatic carbocycles. The van der Waals surface area contributed by atoms with Crippen molar-refractivity contribution in [2.45, 2.75) is 38.9 Å². The molecular weight excluding hydrogens is 254 g/mol. The number of sulfonamides is 1. The number of piperidine rings is 1. The van der Waals surface area contributed by atoms with E-state index in [-0.39, 0.29) is 5.75 Å².